The molecule has 2 rings (SSSR count). The van der Waals surface area contributed by atoms with Crippen molar-refractivity contribution in [1.29, 1.82) is 0 Å². The van der Waals surface area contributed by atoms with Crippen LogP contribution in [0.1, 0.15) is 45.6 Å². The zero-order valence-corrected chi connectivity index (χ0v) is 12.8. The van der Waals surface area contributed by atoms with Gasteiger partial charge in [0.2, 0.25) is 0 Å². The van der Waals surface area contributed by atoms with Gasteiger partial charge in [0.25, 0.3) is 5.91 Å². The number of ether oxygens (including phenoxy) is 1. The van der Waals surface area contributed by atoms with Crippen LogP contribution in [0.25, 0.3) is 0 Å². The van der Waals surface area contributed by atoms with Crippen LogP contribution < -0.4 is 9.64 Å². The fourth-order valence-electron chi connectivity index (χ4n) is 2.48. The van der Waals surface area contributed by atoms with E-state index in [1.165, 1.54) is 4.90 Å². The lowest BCUT2D eigenvalue weighted by Crippen LogP contribution is -2.53. The minimum Gasteiger partial charge on any atom is -0.481 e. The van der Waals surface area contributed by atoms with Crippen molar-refractivity contribution in [2.75, 3.05) is 11.4 Å². The third kappa shape index (κ3) is 2.86. The summed E-state index contributed by atoms with van der Waals surface area (Å²) in [6.07, 6.45) is -0.0901. The van der Waals surface area contributed by atoms with Crippen LogP contribution in [0.4, 0.5) is 5.69 Å². The van der Waals surface area contributed by atoms with Crippen molar-refractivity contribution in [2.45, 2.75) is 45.6 Å². The van der Waals surface area contributed by atoms with E-state index in [4.69, 9.17) is 9.84 Å². The first-order valence-corrected chi connectivity index (χ1v) is 7.09. The summed E-state index contributed by atoms with van der Waals surface area (Å²) < 4.78 is 5.92. The highest BCUT2D eigenvalue weighted by molar-refractivity contribution is 6.03. The van der Waals surface area contributed by atoms with Gasteiger partial charge >= 0.3 is 5.97 Å². The van der Waals surface area contributed by atoms with Crippen molar-refractivity contribution < 1.29 is 19.4 Å². The summed E-state index contributed by atoms with van der Waals surface area (Å²) in [5, 5.41) is 8.88. The first-order chi connectivity index (χ1) is 9.74. The number of anilines is 1. The van der Waals surface area contributed by atoms with Crippen LogP contribution in [0.5, 0.6) is 5.75 Å². The predicted octanol–water partition coefficient (Wildman–Crippen LogP) is 2.79. The molecule has 0 fully saturated rings. The topological polar surface area (TPSA) is 66.8 Å². The number of carbonyl (C=O) groups excluding carboxylic acids is 1. The number of benzene rings is 1. The van der Waals surface area contributed by atoms with Crippen LogP contribution in [0.15, 0.2) is 18.2 Å². The first-order valence-electron chi connectivity index (χ1n) is 7.09. The molecule has 1 aliphatic heterocycles. The average molecular weight is 291 g/mol. The SMILES string of the molecule is CC(C)c1cccc2c1OC(C)(C)C(=O)N2CCC(=O)O. The molecular formula is C16H21NO4. The predicted molar refractivity (Wildman–Crippen MR) is 79.8 cm³/mol. The van der Waals surface area contributed by atoms with E-state index in [0.717, 1.165) is 5.56 Å². The van der Waals surface area contributed by atoms with Gasteiger partial charge in [0.05, 0.1) is 12.1 Å². The molecule has 0 unspecified atom stereocenters. The number of para-hydroxylation sites is 1. The maximum absolute atomic E-state index is 12.5. The number of fused-ring (bicyclic) bond motifs is 1. The number of carboxylic acid groups (broad SMARTS) is 1. The van der Waals surface area contributed by atoms with E-state index < -0.39 is 11.6 Å². The van der Waals surface area contributed by atoms with Gasteiger partial charge in [-0.15, -0.1) is 0 Å². The molecule has 114 valence electrons. The maximum Gasteiger partial charge on any atom is 0.305 e. The van der Waals surface area contributed by atoms with E-state index in [1.54, 1.807) is 19.9 Å². The second-order valence-electron chi connectivity index (χ2n) is 6.06. The van der Waals surface area contributed by atoms with E-state index in [-0.39, 0.29) is 24.8 Å². The highest BCUT2D eigenvalue weighted by Crippen LogP contribution is 2.42. The summed E-state index contributed by atoms with van der Waals surface area (Å²) in [7, 11) is 0. The molecule has 1 N–H and O–H groups in total. The summed E-state index contributed by atoms with van der Waals surface area (Å²) in [5.41, 5.74) is 0.691. The molecule has 21 heavy (non-hydrogen) atoms. The summed E-state index contributed by atoms with van der Waals surface area (Å²) in [6, 6.07) is 5.65. The average Bonchev–Trinajstić information content (AvgIpc) is 2.38. The van der Waals surface area contributed by atoms with Crippen LogP contribution in [-0.4, -0.2) is 29.1 Å². The molecule has 0 saturated heterocycles. The summed E-state index contributed by atoms with van der Waals surface area (Å²) in [5.74, 6) is -0.196. The third-order valence-corrected chi connectivity index (χ3v) is 3.60. The number of carboxylic acids is 1. The first kappa shape index (κ1) is 15.4. The number of nitrogens with zero attached hydrogens (tertiary/aromatic N) is 1. The van der Waals surface area contributed by atoms with Gasteiger partial charge in [-0.05, 0) is 31.4 Å². The van der Waals surface area contributed by atoms with Crippen LogP contribution in [0, 0.1) is 0 Å². The van der Waals surface area contributed by atoms with E-state index in [9.17, 15) is 9.59 Å². The number of hydrogen-bond acceptors (Lipinski definition) is 3. The molecule has 0 aliphatic carbocycles. The summed E-state index contributed by atoms with van der Waals surface area (Å²) >= 11 is 0. The second-order valence-corrected chi connectivity index (χ2v) is 6.06. The Morgan fingerprint density at radius 2 is 2.05 bits per heavy atom. The van der Waals surface area contributed by atoms with Gasteiger partial charge in [-0.2, -0.15) is 0 Å². The Morgan fingerprint density at radius 3 is 2.62 bits per heavy atom. The lowest BCUT2D eigenvalue weighted by atomic mass is 9.96. The molecule has 5 nitrogen and oxygen atoms in total. The Hall–Kier alpha value is -2.04. The molecular weight excluding hydrogens is 270 g/mol. The molecule has 0 atom stereocenters. The van der Waals surface area contributed by atoms with Crippen LogP contribution in [-0.2, 0) is 9.59 Å². The summed E-state index contributed by atoms with van der Waals surface area (Å²) in [6.45, 7) is 7.69. The van der Waals surface area contributed by atoms with E-state index >= 15 is 0 Å². The van der Waals surface area contributed by atoms with Crippen molar-refractivity contribution in [3.05, 3.63) is 23.8 Å². The molecule has 1 aromatic carbocycles. The molecule has 5 heteroatoms. The Balaban J connectivity index is 2.50. The Labute approximate surface area is 124 Å². The number of carbonyl (C=O) groups is 2. The zero-order chi connectivity index (χ0) is 15.8. The van der Waals surface area contributed by atoms with Crippen LogP contribution in [0.3, 0.4) is 0 Å². The maximum atomic E-state index is 12.5. The van der Waals surface area contributed by atoms with Gasteiger partial charge in [0.15, 0.2) is 5.60 Å². The molecule has 0 bridgehead atoms. The van der Waals surface area contributed by atoms with Gasteiger partial charge < -0.3 is 14.7 Å². The number of aliphatic carboxylic acids is 1. The van der Waals surface area contributed by atoms with E-state index in [2.05, 4.69) is 13.8 Å². The number of amides is 1. The largest absolute Gasteiger partial charge is 0.481 e. The molecule has 1 amide bonds. The van der Waals surface area contributed by atoms with Gasteiger partial charge in [-0.3, -0.25) is 9.59 Å². The van der Waals surface area contributed by atoms with E-state index in [0.29, 0.717) is 11.4 Å². The van der Waals surface area contributed by atoms with Crippen molar-refractivity contribution in [1.82, 2.24) is 0 Å². The van der Waals surface area contributed by atoms with Crippen molar-refractivity contribution in [2.24, 2.45) is 0 Å². The molecule has 1 aliphatic rings. The monoisotopic (exact) mass is 291 g/mol. The third-order valence-electron chi connectivity index (χ3n) is 3.60. The normalized spacial score (nSPS) is 16.6. The second kappa shape index (κ2) is 5.39. The number of hydrogen-bond donors (Lipinski definition) is 1. The Kier molecular flexibility index (Phi) is 3.94. The fraction of sp³-hybridized carbons (Fsp3) is 0.500. The fourth-order valence-corrected chi connectivity index (χ4v) is 2.48. The minimum atomic E-state index is -0.990. The quantitative estimate of drug-likeness (QED) is 0.926. The highest BCUT2D eigenvalue weighted by atomic mass is 16.5. The molecule has 0 radical (unpaired) electrons. The molecule has 1 heterocycles. The van der Waals surface area contributed by atoms with Crippen LogP contribution in [0.2, 0.25) is 0 Å². The zero-order valence-electron chi connectivity index (χ0n) is 12.8. The summed E-state index contributed by atoms with van der Waals surface area (Å²) in [4.78, 5) is 24.9. The van der Waals surface area contributed by atoms with Gasteiger partial charge in [-0.25, -0.2) is 0 Å². The van der Waals surface area contributed by atoms with E-state index in [1.807, 2.05) is 12.1 Å². The van der Waals surface area contributed by atoms with Crippen molar-refractivity contribution in [3.8, 4) is 5.75 Å². The van der Waals surface area contributed by atoms with Gasteiger partial charge in [0, 0.05) is 6.54 Å². The lowest BCUT2D eigenvalue weighted by Gasteiger charge is -2.40. The standard InChI is InChI=1S/C16H21NO4/c1-10(2)11-6-5-7-12-14(11)21-16(3,4)15(20)17(12)9-8-13(18)19/h5-7,10H,8-9H2,1-4H3,(H,18,19). The molecule has 0 saturated carbocycles. The molecule has 0 spiro atoms. The van der Waals surface area contributed by atoms with Crippen molar-refractivity contribution in [3.63, 3.8) is 0 Å². The Morgan fingerprint density at radius 1 is 1.38 bits per heavy atom. The molecule has 0 aromatic heterocycles. The smallest absolute Gasteiger partial charge is 0.305 e. The van der Waals surface area contributed by atoms with Crippen molar-refractivity contribution >= 4 is 17.6 Å². The Bertz CT molecular complexity index is 578. The van der Waals surface area contributed by atoms with Gasteiger partial charge in [-0.1, -0.05) is 26.0 Å². The molecule has 1 aromatic rings. The lowest BCUT2D eigenvalue weighted by molar-refractivity contribution is -0.137. The van der Waals surface area contributed by atoms with Gasteiger partial charge in [0.1, 0.15) is 5.75 Å². The number of rotatable bonds is 4. The highest BCUT2D eigenvalue weighted by Gasteiger charge is 2.41. The minimum absolute atomic E-state index is 0.0901. The van der Waals surface area contributed by atoms with Crippen LogP contribution >= 0.6 is 0 Å².